The molecule has 0 aromatic rings. The van der Waals surface area contributed by atoms with Gasteiger partial charge in [0.2, 0.25) is 5.83 Å². The highest BCUT2D eigenvalue weighted by Gasteiger charge is 2.69. The van der Waals surface area contributed by atoms with Crippen LogP contribution >= 0.6 is 0 Å². The van der Waals surface area contributed by atoms with E-state index in [1.54, 1.807) is 0 Å². The molecule has 0 radical (unpaired) electrons. The van der Waals surface area contributed by atoms with Crippen LogP contribution in [0.15, 0.2) is 12.4 Å². The number of hydrogen-bond donors (Lipinski definition) is 1. The summed E-state index contributed by atoms with van der Waals surface area (Å²) in [5.74, 6) is -18.6. The Morgan fingerprint density at radius 3 is 1.83 bits per heavy atom. The third-order valence-electron chi connectivity index (χ3n) is 3.78. The van der Waals surface area contributed by atoms with Crippen molar-refractivity contribution in [1.82, 2.24) is 0 Å². The summed E-state index contributed by atoms with van der Waals surface area (Å²) in [6.45, 7) is 0.644. The zero-order chi connectivity index (χ0) is 28.3. The molecule has 0 saturated heterocycles. The molecule has 0 saturated carbocycles. The smallest absolute Gasteiger partial charge is 0.448 e. The molecule has 0 aliphatic carbocycles. The Bertz CT molecular complexity index is 898. The molecule has 0 rings (SSSR count). The largest absolute Gasteiger partial charge is 0.468 e. The fourth-order valence-electron chi connectivity index (χ4n) is 1.88. The van der Waals surface area contributed by atoms with Crippen LogP contribution in [-0.2, 0) is 33.9 Å². The maximum absolute atomic E-state index is 13.5. The normalized spacial score (nSPS) is 16.3. The highest BCUT2D eigenvalue weighted by molar-refractivity contribution is 7.87. The van der Waals surface area contributed by atoms with Crippen molar-refractivity contribution < 1.29 is 85.1 Å². The maximum Gasteiger partial charge on any atom is 0.468 e. The quantitative estimate of drug-likeness (QED) is 0.0943. The Morgan fingerprint density at radius 1 is 0.971 bits per heavy atom. The third kappa shape index (κ3) is 7.89. The van der Waals surface area contributed by atoms with Crippen molar-refractivity contribution in [3.05, 3.63) is 12.4 Å². The summed E-state index contributed by atoms with van der Waals surface area (Å²) in [4.78, 5) is 23.1. The summed E-state index contributed by atoms with van der Waals surface area (Å²) in [5, 5.41) is -6.01. The molecule has 2 unspecified atom stereocenters. The van der Waals surface area contributed by atoms with E-state index in [-0.39, 0.29) is 6.92 Å². The number of esters is 2. The van der Waals surface area contributed by atoms with E-state index in [2.05, 4.69) is 20.8 Å². The lowest BCUT2D eigenvalue weighted by Gasteiger charge is -2.33. The molecule has 35 heavy (non-hydrogen) atoms. The van der Waals surface area contributed by atoms with E-state index in [0.29, 0.717) is 0 Å². The molecule has 0 bridgehead atoms. The fraction of sp³-hybridized carbons (Fsp3) is 0.733. The number of ether oxygens (including phenoxy) is 3. The molecular weight excluding hydrogens is 549 g/mol. The number of carbonyl (C=O) groups excluding carboxylic acids is 2. The third-order valence-corrected chi connectivity index (χ3v) is 4.73. The molecule has 0 aromatic carbocycles. The Balaban J connectivity index is 5.78. The molecule has 0 aliphatic heterocycles. The zero-order valence-corrected chi connectivity index (χ0v) is 17.8. The second-order valence-corrected chi connectivity index (χ2v) is 7.96. The molecule has 0 fully saturated rings. The Hall–Kier alpha value is -2.22. The average molecular weight is 564 g/mol. The summed E-state index contributed by atoms with van der Waals surface area (Å²) in [7, 11) is -6.62. The molecule has 20 heteroatoms. The summed E-state index contributed by atoms with van der Waals surface area (Å²) in [6, 6.07) is 0. The maximum atomic E-state index is 13.5. The van der Waals surface area contributed by atoms with Crippen molar-refractivity contribution in [1.29, 1.82) is 0 Å². The van der Waals surface area contributed by atoms with Crippen molar-refractivity contribution in [2.45, 2.75) is 61.6 Å². The van der Waals surface area contributed by atoms with Crippen LogP contribution in [0.25, 0.3) is 0 Å². The van der Waals surface area contributed by atoms with Gasteiger partial charge >= 0.3 is 51.4 Å². The van der Waals surface area contributed by atoms with Crippen LogP contribution in [-0.4, -0.2) is 66.9 Å². The van der Waals surface area contributed by atoms with E-state index in [1.807, 2.05) is 0 Å². The van der Waals surface area contributed by atoms with Gasteiger partial charge in [0.05, 0.1) is 6.61 Å². The second-order valence-electron chi connectivity index (χ2n) is 6.50. The van der Waals surface area contributed by atoms with Gasteiger partial charge in [-0.3, -0.25) is 4.55 Å². The van der Waals surface area contributed by atoms with E-state index in [4.69, 9.17) is 4.55 Å². The van der Waals surface area contributed by atoms with Gasteiger partial charge in [0.25, 0.3) is 0 Å². The Labute approximate surface area is 188 Å². The minimum Gasteiger partial charge on any atom is -0.448 e. The summed E-state index contributed by atoms with van der Waals surface area (Å²) >= 11 is 0. The first-order valence-corrected chi connectivity index (χ1v) is 10.1. The predicted octanol–water partition coefficient (Wildman–Crippen LogP) is 4.07. The van der Waals surface area contributed by atoms with Gasteiger partial charge in [-0.25, -0.2) is 9.59 Å². The number of unbranched alkanes of at least 4 members (excludes halogenated alkanes) is 1. The first-order chi connectivity index (χ1) is 15.3. The number of rotatable bonds is 12. The molecule has 0 aliphatic rings. The number of carbonyl (C=O) groups is 2. The topological polar surface area (TPSA) is 116 Å². The van der Waals surface area contributed by atoms with Gasteiger partial charge in [-0.05, 0) is 19.8 Å². The van der Waals surface area contributed by atoms with Crippen LogP contribution in [0.4, 0.5) is 48.3 Å². The molecule has 1 N–H and O–H groups in total. The van der Waals surface area contributed by atoms with E-state index < -0.39 is 89.2 Å². The average Bonchev–Trinajstić information content (AvgIpc) is 2.63. The summed E-state index contributed by atoms with van der Waals surface area (Å²) in [5.41, 5.74) is 0. The molecule has 8 nitrogen and oxygen atoms in total. The van der Waals surface area contributed by atoms with Crippen LogP contribution in [0.1, 0.15) is 26.2 Å². The summed E-state index contributed by atoms with van der Waals surface area (Å²) < 4.78 is 184. The monoisotopic (exact) mass is 564 g/mol. The lowest BCUT2D eigenvalue weighted by molar-refractivity contribution is -0.359. The molecule has 0 aromatic heterocycles. The van der Waals surface area contributed by atoms with Crippen LogP contribution < -0.4 is 0 Å². The number of hydrogen-bond acceptors (Lipinski definition) is 7. The number of alkyl halides is 10. The second kappa shape index (κ2) is 10.8. The Morgan fingerprint density at radius 2 is 1.46 bits per heavy atom. The molecule has 0 spiro atoms. The lowest BCUT2D eigenvalue weighted by atomic mass is 10.1. The molecular formula is C15H15F11O8S. The van der Waals surface area contributed by atoms with Crippen LogP contribution in [0.5, 0.6) is 0 Å². The van der Waals surface area contributed by atoms with E-state index in [9.17, 15) is 66.3 Å². The van der Waals surface area contributed by atoms with Crippen LogP contribution in [0, 0.1) is 0 Å². The van der Waals surface area contributed by atoms with Gasteiger partial charge in [0, 0.05) is 6.42 Å². The van der Waals surface area contributed by atoms with Gasteiger partial charge in [-0.1, -0.05) is 6.58 Å². The zero-order valence-electron chi connectivity index (χ0n) is 17.0. The van der Waals surface area contributed by atoms with Gasteiger partial charge in [0.1, 0.15) is 0 Å². The van der Waals surface area contributed by atoms with Crippen molar-refractivity contribution >= 4 is 22.1 Å². The van der Waals surface area contributed by atoms with E-state index in [1.165, 1.54) is 0 Å². The van der Waals surface area contributed by atoms with E-state index in [0.717, 1.165) is 0 Å². The highest BCUT2D eigenvalue weighted by Crippen LogP contribution is 2.42. The molecule has 2 atom stereocenters. The first kappa shape index (κ1) is 32.8. The van der Waals surface area contributed by atoms with Crippen LogP contribution in [0.3, 0.4) is 0 Å². The van der Waals surface area contributed by atoms with E-state index >= 15 is 0 Å². The minimum atomic E-state index is -6.62. The molecule has 0 heterocycles. The van der Waals surface area contributed by atoms with Gasteiger partial charge in [0.15, 0.2) is 6.10 Å². The standard InChI is InChI=1S/C15H15F11O8S/c1-7(16)9(27)34-12(14(22,23)24,10(28)33-8(2)13(19,20)21)32-6-4-3-5-11(17,18)15(25,26)35(29,30)31/h8H,1,3-6H2,2H3,(H,29,30,31). The minimum absolute atomic E-state index is 0.0480. The first-order valence-electron chi connectivity index (χ1n) is 8.62. The van der Waals surface area contributed by atoms with Crippen molar-refractivity contribution in [3.63, 3.8) is 0 Å². The van der Waals surface area contributed by atoms with Gasteiger partial charge in [-0.15, -0.1) is 0 Å². The van der Waals surface area contributed by atoms with Crippen LogP contribution in [0.2, 0.25) is 0 Å². The highest BCUT2D eigenvalue weighted by atomic mass is 32.2. The van der Waals surface area contributed by atoms with Crippen molar-refractivity contribution in [3.8, 4) is 0 Å². The Kier molecular flexibility index (Phi) is 10.1. The molecule has 206 valence electrons. The number of halogens is 11. The fourth-order valence-corrected chi connectivity index (χ4v) is 2.35. The lowest BCUT2D eigenvalue weighted by Crippen LogP contribution is -2.59. The molecule has 0 amide bonds. The van der Waals surface area contributed by atoms with Crippen molar-refractivity contribution in [2.24, 2.45) is 0 Å². The van der Waals surface area contributed by atoms with Gasteiger partial charge < -0.3 is 14.2 Å². The van der Waals surface area contributed by atoms with Gasteiger partial charge in [-0.2, -0.15) is 56.7 Å². The predicted molar refractivity (Wildman–Crippen MR) is 88.0 cm³/mol. The SMILES string of the molecule is C=C(F)C(=O)OC(OCCCCC(F)(F)C(F)(F)S(=O)(=O)O)(C(=O)OC(C)C(F)(F)F)C(F)(F)F. The summed E-state index contributed by atoms with van der Waals surface area (Å²) in [6.07, 6.45) is -19.5. The van der Waals surface area contributed by atoms with Crippen molar-refractivity contribution in [2.75, 3.05) is 6.61 Å².